The van der Waals surface area contributed by atoms with Crippen molar-refractivity contribution >= 4 is 11.9 Å². The number of carboxylic acid groups (broad SMARTS) is 1. The van der Waals surface area contributed by atoms with Gasteiger partial charge in [-0.2, -0.15) is 0 Å². The minimum Gasteiger partial charge on any atom is -0.481 e. The zero-order chi connectivity index (χ0) is 13.7. The van der Waals surface area contributed by atoms with Crippen molar-refractivity contribution in [3.63, 3.8) is 0 Å². The number of ether oxygens (including phenoxy) is 1. The fourth-order valence-electron chi connectivity index (χ4n) is 2.13. The highest BCUT2D eigenvalue weighted by Gasteiger charge is 2.28. The second-order valence-corrected chi connectivity index (χ2v) is 4.45. The Morgan fingerprint density at radius 2 is 2.16 bits per heavy atom. The summed E-state index contributed by atoms with van der Waals surface area (Å²) in [6.45, 7) is 1.19. The minimum atomic E-state index is -0.919. The number of aliphatic carboxylic acids is 1. The molecule has 1 saturated heterocycles. The fraction of sp³-hybridized carbons (Fsp3) is 0.462. The highest BCUT2D eigenvalue weighted by atomic mass is 16.5. The highest BCUT2D eigenvalue weighted by Crippen LogP contribution is 2.13. The molecule has 1 aliphatic heterocycles. The second-order valence-electron chi connectivity index (χ2n) is 4.45. The number of morpholine rings is 1. The average molecular weight is 264 g/mol. The number of hydrogen-bond donors (Lipinski definition) is 1. The summed E-state index contributed by atoms with van der Waals surface area (Å²) in [5, 5.41) is 8.85. The van der Waals surface area contributed by atoms with Gasteiger partial charge in [0.2, 0.25) is 5.91 Å². The maximum absolute atomic E-state index is 12.2. The number of carbonyl (C=O) groups excluding carboxylic acids is 1. The highest BCUT2D eigenvalue weighted by molar-refractivity contribution is 5.80. The summed E-state index contributed by atoms with van der Waals surface area (Å²) in [4.78, 5) is 28.5. The van der Waals surface area contributed by atoms with Crippen LogP contribution in [-0.2, 0) is 20.7 Å². The lowest BCUT2D eigenvalue weighted by molar-refractivity contribution is -0.145. The molecular formula is C13H16N2O4. The van der Waals surface area contributed by atoms with Gasteiger partial charge >= 0.3 is 5.97 Å². The molecule has 1 N–H and O–H groups in total. The van der Waals surface area contributed by atoms with Crippen molar-refractivity contribution in [1.82, 2.24) is 9.88 Å². The molecule has 0 spiro atoms. The molecule has 0 bridgehead atoms. The molecule has 1 aromatic heterocycles. The Bertz CT molecular complexity index is 449. The van der Waals surface area contributed by atoms with E-state index in [2.05, 4.69) is 4.98 Å². The summed E-state index contributed by atoms with van der Waals surface area (Å²) < 4.78 is 5.25. The van der Waals surface area contributed by atoms with E-state index in [1.165, 1.54) is 0 Å². The van der Waals surface area contributed by atoms with Gasteiger partial charge in [0.25, 0.3) is 0 Å². The van der Waals surface area contributed by atoms with E-state index >= 15 is 0 Å². The summed E-state index contributed by atoms with van der Waals surface area (Å²) in [7, 11) is 0. The zero-order valence-electron chi connectivity index (χ0n) is 10.5. The van der Waals surface area contributed by atoms with Gasteiger partial charge in [0, 0.05) is 18.9 Å². The lowest BCUT2D eigenvalue weighted by Gasteiger charge is -2.35. The number of hydrogen-bond acceptors (Lipinski definition) is 4. The standard InChI is InChI=1S/C13H16N2O4/c16-12(7-10-1-3-14-4-2-10)15-5-6-19-9-11(15)8-13(17)18/h1-4,11H,5-9H2,(H,17,18). The first-order valence-corrected chi connectivity index (χ1v) is 6.14. The maximum atomic E-state index is 12.2. The van der Waals surface area contributed by atoms with Crippen LogP contribution >= 0.6 is 0 Å². The Labute approximate surface area is 111 Å². The van der Waals surface area contributed by atoms with Crippen molar-refractivity contribution < 1.29 is 19.4 Å². The van der Waals surface area contributed by atoms with Crippen molar-refractivity contribution in [2.24, 2.45) is 0 Å². The monoisotopic (exact) mass is 264 g/mol. The first-order valence-electron chi connectivity index (χ1n) is 6.14. The first kappa shape index (κ1) is 13.5. The molecule has 6 heteroatoms. The van der Waals surface area contributed by atoms with E-state index in [1.807, 2.05) is 0 Å². The molecule has 1 aliphatic rings. The minimum absolute atomic E-state index is 0.0687. The maximum Gasteiger partial charge on any atom is 0.305 e. The average Bonchev–Trinajstić information content (AvgIpc) is 2.39. The van der Waals surface area contributed by atoms with E-state index in [0.29, 0.717) is 13.2 Å². The molecule has 1 fully saturated rings. The van der Waals surface area contributed by atoms with Crippen molar-refractivity contribution in [2.75, 3.05) is 19.8 Å². The van der Waals surface area contributed by atoms with Gasteiger partial charge in [-0.15, -0.1) is 0 Å². The Hall–Kier alpha value is -1.95. The molecule has 2 heterocycles. The van der Waals surface area contributed by atoms with Crippen molar-refractivity contribution in [3.05, 3.63) is 30.1 Å². The van der Waals surface area contributed by atoms with E-state index < -0.39 is 5.97 Å². The SMILES string of the molecule is O=C(O)CC1COCCN1C(=O)Cc1ccncc1. The van der Waals surface area contributed by atoms with Crippen LogP contribution < -0.4 is 0 Å². The molecule has 0 saturated carbocycles. The Balaban J connectivity index is 2.01. The molecule has 6 nitrogen and oxygen atoms in total. The summed E-state index contributed by atoms with van der Waals surface area (Å²) in [5.74, 6) is -0.988. The number of carbonyl (C=O) groups is 2. The molecule has 0 aromatic carbocycles. The molecule has 0 aliphatic carbocycles. The largest absolute Gasteiger partial charge is 0.481 e. The molecule has 1 amide bonds. The van der Waals surface area contributed by atoms with Crippen molar-refractivity contribution in [1.29, 1.82) is 0 Å². The summed E-state index contributed by atoms with van der Waals surface area (Å²) in [5.41, 5.74) is 0.876. The number of aromatic nitrogens is 1. The Morgan fingerprint density at radius 3 is 2.84 bits per heavy atom. The fourth-order valence-corrected chi connectivity index (χ4v) is 2.13. The topological polar surface area (TPSA) is 79.7 Å². The Kier molecular flexibility index (Phi) is 4.46. The summed E-state index contributed by atoms with van der Waals surface area (Å²) in [6.07, 6.45) is 3.45. The predicted octanol–water partition coefficient (Wildman–Crippen LogP) is 0.326. The summed E-state index contributed by atoms with van der Waals surface area (Å²) in [6, 6.07) is 3.19. The van der Waals surface area contributed by atoms with Crippen LogP contribution in [-0.4, -0.2) is 52.7 Å². The van der Waals surface area contributed by atoms with E-state index in [-0.39, 0.29) is 31.4 Å². The van der Waals surface area contributed by atoms with Crippen LogP contribution in [0.5, 0.6) is 0 Å². The van der Waals surface area contributed by atoms with E-state index in [1.54, 1.807) is 29.4 Å². The first-order chi connectivity index (χ1) is 9.16. The van der Waals surface area contributed by atoms with Crippen LogP contribution in [0.3, 0.4) is 0 Å². The predicted molar refractivity (Wildman–Crippen MR) is 66.5 cm³/mol. The van der Waals surface area contributed by atoms with Crippen LogP contribution in [0.25, 0.3) is 0 Å². The van der Waals surface area contributed by atoms with Gasteiger partial charge in [0.05, 0.1) is 32.1 Å². The molecule has 1 atom stereocenters. The molecule has 1 unspecified atom stereocenters. The molecule has 1 aromatic rings. The van der Waals surface area contributed by atoms with E-state index in [0.717, 1.165) is 5.56 Å². The van der Waals surface area contributed by atoms with Gasteiger partial charge in [-0.1, -0.05) is 0 Å². The van der Waals surface area contributed by atoms with Gasteiger partial charge in [-0.05, 0) is 17.7 Å². The number of nitrogens with zero attached hydrogens (tertiary/aromatic N) is 2. The lowest BCUT2D eigenvalue weighted by Crippen LogP contribution is -2.50. The quantitative estimate of drug-likeness (QED) is 0.847. The lowest BCUT2D eigenvalue weighted by atomic mass is 10.1. The van der Waals surface area contributed by atoms with Crippen LogP contribution in [0, 0.1) is 0 Å². The molecule has 102 valence electrons. The van der Waals surface area contributed by atoms with Crippen LogP contribution in [0.4, 0.5) is 0 Å². The molecule has 19 heavy (non-hydrogen) atoms. The van der Waals surface area contributed by atoms with Gasteiger partial charge in [-0.25, -0.2) is 0 Å². The van der Waals surface area contributed by atoms with Crippen LogP contribution in [0.2, 0.25) is 0 Å². The van der Waals surface area contributed by atoms with Gasteiger partial charge < -0.3 is 14.7 Å². The smallest absolute Gasteiger partial charge is 0.305 e. The van der Waals surface area contributed by atoms with Crippen molar-refractivity contribution in [2.45, 2.75) is 18.9 Å². The number of carboxylic acids is 1. The number of rotatable bonds is 4. The second kappa shape index (κ2) is 6.29. The molecule has 0 radical (unpaired) electrons. The van der Waals surface area contributed by atoms with E-state index in [9.17, 15) is 9.59 Å². The van der Waals surface area contributed by atoms with Crippen LogP contribution in [0.1, 0.15) is 12.0 Å². The summed E-state index contributed by atoms with van der Waals surface area (Å²) >= 11 is 0. The van der Waals surface area contributed by atoms with E-state index in [4.69, 9.17) is 9.84 Å². The van der Waals surface area contributed by atoms with Crippen molar-refractivity contribution in [3.8, 4) is 0 Å². The molecular weight excluding hydrogens is 248 g/mol. The van der Waals surface area contributed by atoms with Gasteiger partial charge in [0.1, 0.15) is 0 Å². The van der Waals surface area contributed by atoms with Gasteiger partial charge in [0.15, 0.2) is 0 Å². The third-order valence-electron chi connectivity index (χ3n) is 3.06. The molecule has 2 rings (SSSR count). The zero-order valence-corrected chi connectivity index (χ0v) is 10.5. The normalized spacial score (nSPS) is 19.2. The van der Waals surface area contributed by atoms with Crippen LogP contribution in [0.15, 0.2) is 24.5 Å². The third kappa shape index (κ3) is 3.75. The van der Waals surface area contributed by atoms with Gasteiger partial charge in [-0.3, -0.25) is 14.6 Å². The Morgan fingerprint density at radius 1 is 1.42 bits per heavy atom. The number of pyridine rings is 1. The number of amides is 1. The third-order valence-corrected chi connectivity index (χ3v) is 3.06.